The van der Waals surface area contributed by atoms with E-state index in [1.165, 1.54) is 22.4 Å². The predicted molar refractivity (Wildman–Crippen MR) is 80.1 cm³/mol. The van der Waals surface area contributed by atoms with Gasteiger partial charge in [0, 0.05) is 18.7 Å². The highest BCUT2D eigenvalue weighted by molar-refractivity contribution is 5.53. The van der Waals surface area contributed by atoms with Crippen molar-refractivity contribution in [2.24, 2.45) is 0 Å². The first-order valence-electron chi connectivity index (χ1n) is 6.87. The monoisotopic (exact) mass is 269 g/mol. The molecule has 3 nitrogen and oxygen atoms in total. The van der Waals surface area contributed by atoms with Gasteiger partial charge in [-0.05, 0) is 35.3 Å². The Morgan fingerprint density at radius 2 is 2.00 bits per heavy atom. The first kappa shape index (κ1) is 12.9. The minimum absolute atomic E-state index is 0.770. The third-order valence-corrected chi connectivity index (χ3v) is 3.79. The van der Waals surface area contributed by atoms with Crippen LogP contribution in [0.3, 0.4) is 0 Å². The zero-order valence-corrected chi connectivity index (χ0v) is 11.9. The summed E-state index contributed by atoms with van der Waals surface area (Å²) in [4.78, 5) is 0. The van der Waals surface area contributed by atoms with Crippen LogP contribution in [0, 0.1) is 0 Å². The molecule has 0 atom stereocenters. The van der Waals surface area contributed by atoms with Crippen LogP contribution in [0.15, 0.2) is 53.3 Å². The molecule has 0 amide bonds. The zero-order chi connectivity index (χ0) is 13.9. The smallest absolute Gasteiger partial charge is 0.160 e. The highest BCUT2D eigenvalue weighted by Crippen LogP contribution is 2.31. The average molecular weight is 269 g/mol. The van der Waals surface area contributed by atoms with Gasteiger partial charge in [0.05, 0.1) is 14.2 Å². The maximum absolute atomic E-state index is 5.37. The first-order chi connectivity index (χ1) is 9.81. The Kier molecular flexibility index (Phi) is 3.50. The van der Waals surface area contributed by atoms with Crippen molar-refractivity contribution in [3.63, 3.8) is 0 Å². The summed E-state index contributed by atoms with van der Waals surface area (Å²) in [6, 6.07) is 6.10. The van der Waals surface area contributed by atoms with Crippen LogP contribution >= 0.6 is 0 Å². The lowest BCUT2D eigenvalue weighted by molar-refractivity contribution is 0.354. The number of allylic oxidation sites excluding steroid dienone is 5. The van der Waals surface area contributed by atoms with Crippen molar-refractivity contribution in [1.29, 1.82) is 0 Å². The summed E-state index contributed by atoms with van der Waals surface area (Å²) in [5.41, 5.74) is 5.31. The number of benzene rings is 1. The number of nitrogens with one attached hydrogen (secondary N) is 1. The van der Waals surface area contributed by atoms with E-state index in [0.717, 1.165) is 30.9 Å². The fourth-order valence-electron chi connectivity index (χ4n) is 2.77. The van der Waals surface area contributed by atoms with Gasteiger partial charge in [-0.3, -0.25) is 0 Å². The molecular weight excluding hydrogens is 250 g/mol. The first-order valence-corrected chi connectivity index (χ1v) is 6.87. The van der Waals surface area contributed by atoms with Gasteiger partial charge in [-0.25, -0.2) is 0 Å². The van der Waals surface area contributed by atoms with Gasteiger partial charge in [0.25, 0.3) is 0 Å². The summed E-state index contributed by atoms with van der Waals surface area (Å²) < 4.78 is 10.6. The summed E-state index contributed by atoms with van der Waals surface area (Å²) in [6.07, 6.45) is 8.53. The predicted octanol–water partition coefficient (Wildman–Crippen LogP) is 2.99. The van der Waals surface area contributed by atoms with Crippen LogP contribution in [0.25, 0.3) is 0 Å². The number of methoxy groups -OCH3 is 2. The number of ether oxygens (including phenoxy) is 2. The Balaban J connectivity index is 1.88. The van der Waals surface area contributed by atoms with E-state index in [1.54, 1.807) is 14.2 Å². The molecule has 0 fully saturated rings. The van der Waals surface area contributed by atoms with Gasteiger partial charge in [0.15, 0.2) is 11.5 Å². The molecule has 20 heavy (non-hydrogen) atoms. The number of fused-ring (bicyclic) bond motifs is 1. The number of hydrogen-bond acceptors (Lipinski definition) is 3. The van der Waals surface area contributed by atoms with Crippen molar-refractivity contribution in [2.45, 2.75) is 12.8 Å². The van der Waals surface area contributed by atoms with E-state index in [0.29, 0.717) is 0 Å². The molecule has 1 aliphatic heterocycles. The van der Waals surface area contributed by atoms with Crippen LogP contribution in [0.5, 0.6) is 11.5 Å². The molecule has 0 spiro atoms. The summed E-state index contributed by atoms with van der Waals surface area (Å²) >= 11 is 0. The maximum atomic E-state index is 5.37. The second-order valence-electron chi connectivity index (χ2n) is 4.99. The van der Waals surface area contributed by atoms with Crippen molar-refractivity contribution in [2.75, 3.05) is 20.8 Å². The normalized spacial score (nSPS) is 16.6. The topological polar surface area (TPSA) is 30.5 Å². The Hall–Kier alpha value is -2.16. The molecule has 3 rings (SSSR count). The second-order valence-corrected chi connectivity index (χ2v) is 4.99. The number of hydrogen-bond donors (Lipinski definition) is 1. The lowest BCUT2D eigenvalue weighted by Crippen LogP contribution is -2.23. The molecule has 0 radical (unpaired) electrons. The summed E-state index contributed by atoms with van der Waals surface area (Å²) in [5, 5.41) is 3.52. The third-order valence-electron chi connectivity index (χ3n) is 3.79. The van der Waals surface area contributed by atoms with E-state index in [4.69, 9.17) is 9.47 Å². The van der Waals surface area contributed by atoms with Crippen molar-refractivity contribution in [3.05, 3.63) is 58.8 Å². The van der Waals surface area contributed by atoms with Gasteiger partial charge in [-0.15, -0.1) is 0 Å². The average Bonchev–Trinajstić information content (AvgIpc) is 2.96. The number of rotatable bonds is 4. The minimum atomic E-state index is 0.770. The zero-order valence-electron chi connectivity index (χ0n) is 11.9. The van der Waals surface area contributed by atoms with Gasteiger partial charge in [0.1, 0.15) is 0 Å². The molecule has 0 saturated heterocycles. The van der Waals surface area contributed by atoms with Crippen LogP contribution in [0.1, 0.15) is 12.0 Å². The minimum Gasteiger partial charge on any atom is -0.493 e. The summed E-state index contributed by atoms with van der Waals surface area (Å²) in [6.45, 7) is 1.01. The molecule has 3 heteroatoms. The Labute approximate surface area is 119 Å². The van der Waals surface area contributed by atoms with Crippen LogP contribution < -0.4 is 14.8 Å². The van der Waals surface area contributed by atoms with E-state index >= 15 is 0 Å². The van der Waals surface area contributed by atoms with Gasteiger partial charge in [0.2, 0.25) is 0 Å². The van der Waals surface area contributed by atoms with Crippen LogP contribution in [-0.2, 0) is 6.42 Å². The molecule has 104 valence electrons. The molecule has 0 aromatic heterocycles. The van der Waals surface area contributed by atoms with Crippen molar-refractivity contribution < 1.29 is 9.47 Å². The van der Waals surface area contributed by atoms with Crippen LogP contribution in [0.2, 0.25) is 0 Å². The Morgan fingerprint density at radius 1 is 1.15 bits per heavy atom. The Bertz CT molecular complexity index is 611. The molecule has 0 bridgehead atoms. The Morgan fingerprint density at radius 3 is 2.80 bits per heavy atom. The van der Waals surface area contributed by atoms with Crippen molar-refractivity contribution in [1.82, 2.24) is 5.32 Å². The lowest BCUT2D eigenvalue weighted by Gasteiger charge is -2.22. The largest absolute Gasteiger partial charge is 0.493 e. The summed E-state index contributed by atoms with van der Waals surface area (Å²) in [7, 11) is 3.33. The maximum Gasteiger partial charge on any atom is 0.160 e. The third kappa shape index (κ3) is 2.31. The highest BCUT2D eigenvalue weighted by atomic mass is 16.5. The molecule has 1 N–H and O–H groups in total. The lowest BCUT2D eigenvalue weighted by atomic mass is 9.96. The molecule has 1 aromatic carbocycles. The molecule has 1 aromatic rings. The molecule has 0 saturated carbocycles. The van der Waals surface area contributed by atoms with Gasteiger partial charge in [-0.2, -0.15) is 0 Å². The van der Waals surface area contributed by atoms with Gasteiger partial charge in [-0.1, -0.05) is 24.3 Å². The fourth-order valence-corrected chi connectivity index (χ4v) is 2.77. The second kappa shape index (κ2) is 5.45. The van der Waals surface area contributed by atoms with E-state index in [9.17, 15) is 0 Å². The van der Waals surface area contributed by atoms with Crippen LogP contribution in [0.4, 0.5) is 0 Å². The SMILES string of the molecule is COc1ccc(CC2=C3C=CC=C3CCN2)cc1OC. The molecule has 0 unspecified atom stereocenters. The van der Waals surface area contributed by atoms with Gasteiger partial charge < -0.3 is 14.8 Å². The van der Waals surface area contributed by atoms with E-state index in [-0.39, 0.29) is 0 Å². The standard InChI is InChI=1S/C17H19NO2/c1-19-16-7-6-12(11-17(16)20-2)10-15-14-5-3-4-13(14)8-9-18-15/h3-7,11,18H,8-10H2,1-2H3. The fraction of sp³-hybridized carbons (Fsp3) is 0.294. The van der Waals surface area contributed by atoms with Crippen LogP contribution in [-0.4, -0.2) is 20.8 Å². The molecule has 1 aliphatic carbocycles. The quantitative estimate of drug-likeness (QED) is 0.911. The van der Waals surface area contributed by atoms with E-state index in [1.807, 2.05) is 12.1 Å². The molecular formula is C17H19NO2. The van der Waals surface area contributed by atoms with Crippen molar-refractivity contribution in [3.8, 4) is 11.5 Å². The van der Waals surface area contributed by atoms with E-state index < -0.39 is 0 Å². The molecule has 2 aliphatic rings. The molecule has 1 heterocycles. The highest BCUT2D eigenvalue weighted by Gasteiger charge is 2.17. The summed E-state index contributed by atoms with van der Waals surface area (Å²) in [5.74, 6) is 1.55. The van der Waals surface area contributed by atoms with Crippen molar-refractivity contribution >= 4 is 0 Å². The van der Waals surface area contributed by atoms with E-state index in [2.05, 4.69) is 29.6 Å². The van der Waals surface area contributed by atoms with Gasteiger partial charge >= 0.3 is 0 Å².